The van der Waals surface area contributed by atoms with Gasteiger partial charge in [0.05, 0.1) is 6.04 Å². The van der Waals surface area contributed by atoms with E-state index in [9.17, 15) is 4.79 Å². The molecule has 0 saturated carbocycles. The van der Waals surface area contributed by atoms with Gasteiger partial charge in [-0.3, -0.25) is 4.79 Å². The molecule has 1 unspecified atom stereocenters. The Labute approximate surface area is 164 Å². The maximum absolute atomic E-state index is 12.5. The van der Waals surface area contributed by atoms with Gasteiger partial charge in [-0.15, -0.1) is 0 Å². The number of nitrogens with one attached hydrogen (secondary N) is 2. The first kappa shape index (κ1) is 17.7. The number of allylic oxidation sites excluding steroid dienone is 1. The van der Waals surface area contributed by atoms with Crippen molar-refractivity contribution in [2.75, 3.05) is 0 Å². The average molecular weight is 378 g/mol. The number of ketones is 1. The number of hydrogen-bond donors (Lipinski definition) is 2. The zero-order chi connectivity index (χ0) is 19.0. The fourth-order valence-corrected chi connectivity index (χ4v) is 3.84. The van der Waals surface area contributed by atoms with Gasteiger partial charge < -0.3 is 15.4 Å². The molecule has 0 amide bonds. The largest absolute Gasteiger partial charge is 0.457 e. The Balaban J connectivity index is 1.58. The number of carbonyl (C=O) groups excluding carboxylic acids is 1. The van der Waals surface area contributed by atoms with Gasteiger partial charge in [0.2, 0.25) is 0 Å². The number of rotatable bonds is 3. The number of ether oxygens (including phenoxy) is 1. The maximum Gasteiger partial charge on any atom is 0.171 e. The SMILES string of the molecule is Cc1ccc(Oc2ccc(C3NC(=S)NC4=C3C(=O)CCC4)cc2)cc1C. The highest BCUT2D eigenvalue weighted by molar-refractivity contribution is 7.80. The molecule has 4 rings (SSSR count). The van der Waals surface area contributed by atoms with Crippen molar-refractivity contribution in [2.45, 2.75) is 39.2 Å². The first-order valence-corrected chi connectivity index (χ1v) is 9.61. The molecule has 27 heavy (non-hydrogen) atoms. The number of aryl methyl sites for hydroxylation is 2. The van der Waals surface area contributed by atoms with Gasteiger partial charge in [0.15, 0.2) is 10.9 Å². The number of benzene rings is 2. The van der Waals surface area contributed by atoms with E-state index in [-0.39, 0.29) is 11.8 Å². The summed E-state index contributed by atoms with van der Waals surface area (Å²) >= 11 is 5.33. The Morgan fingerprint density at radius 2 is 1.74 bits per heavy atom. The van der Waals surface area contributed by atoms with Crippen LogP contribution in [0.5, 0.6) is 11.5 Å². The highest BCUT2D eigenvalue weighted by Crippen LogP contribution is 2.34. The highest BCUT2D eigenvalue weighted by Gasteiger charge is 2.33. The molecular formula is C22H22N2O2S. The summed E-state index contributed by atoms with van der Waals surface area (Å²) in [5.41, 5.74) is 5.24. The summed E-state index contributed by atoms with van der Waals surface area (Å²) in [6.45, 7) is 4.16. The van der Waals surface area contributed by atoms with Crippen LogP contribution >= 0.6 is 12.2 Å². The van der Waals surface area contributed by atoms with E-state index in [1.165, 1.54) is 11.1 Å². The lowest BCUT2D eigenvalue weighted by Gasteiger charge is -2.33. The highest BCUT2D eigenvalue weighted by atomic mass is 32.1. The summed E-state index contributed by atoms with van der Waals surface area (Å²) in [4.78, 5) is 12.5. The molecule has 1 atom stereocenters. The van der Waals surface area contributed by atoms with Crippen LogP contribution in [0.15, 0.2) is 53.7 Å². The average Bonchev–Trinajstić information content (AvgIpc) is 2.65. The molecule has 1 aliphatic carbocycles. The summed E-state index contributed by atoms with van der Waals surface area (Å²) in [6, 6.07) is 13.7. The molecule has 2 aromatic carbocycles. The normalized spacial score (nSPS) is 19.3. The molecule has 2 N–H and O–H groups in total. The minimum absolute atomic E-state index is 0.194. The first-order valence-electron chi connectivity index (χ1n) is 9.20. The lowest BCUT2D eigenvalue weighted by Crippen LogP contribution is -2.46. The van der Waals surface area contributed by atoms with Crippen LogP contribution in [0.4, 0.5) is 0 Å². The molecule has 0 aromatic heterocycles. The van der Waals surface area contributed by atoms with Crippen LogP contribution < -0.4 is 15.4 Å². The minimum atomic E-state index is -0.197. The molecule has 1 aliphatic heterocycles. The third-order valence-electron chi connectivity index (χ3n) is 5.21. The summed E-state index contributed by atoms with van der Waals surface area (Å²) < 4.78 is 5.97. The van der Waals surface area contributed by atoms with Crippen LogP contribution in [0.25, 0.3) is 0 Å². The lowest BCUT2D eigenvalue weighted by molar-refractivity contribution is -0.116. The summed E-state index contributed by atoms with van der Waals surface area (Å²) in [5.74, 6) is 1.78. The van der Waals surface area contributed by atoms with Gasteiger partial charge in [-0.05, 0) is 79.9 Å². The third-order valence-corrected chi connectivity index (χ3v) is 5.43. The summed E-state index contributed by atoms with van der Waals surface area (Å²) in [6.07, 6.45) is 2.34. The quantitative estimate of drug-likeness (QED) is 0.763. The van der Waals surface area contributed by atoms with Crippen LogP contribution in [-0.2, 0) is 4.79 Å². The Morgan fingerprint density at radius 1 is 1.00 bits per heavy atom. The Morgan fingerprint density at radius 3 is 2.48 bits per heavy atom. The van der Waals surface area contributed by atoms with Gasteiger partial charge in [-0.1, -0.05) is 18.2 Å². The molecule has 1 heterocycles. The van der Waals surface area contributed by atoms with E-state index in [1.807, 2.05) is 36.4 Å². The Hall–Kier alpha value is -2.66. The summed E-state index contributed by atoms with van der Waals surface area (Å²) in [7, 11) is 0. The molecule has 2 aliphatic rings. The van der Waals surface area contributed by atoms with E-state index in [4.69, 9.17) is 17.0 Å². The third kappa shape index (κ3) is 3.60. The monoisotopic (exact) mass is 378 g/mol. The predicted octanol–water partition coefficient (Wildman–Crippen LogP) is 4.62. The van der Waals surface area contributed by atoms with E-state index in [2.05, 4.69) is 30.5 Å². The zero-order valence-corrected chi connectivity index (χ0v) is 16.3. The number of hydrogen-bond acceptors (Lipinski definition) is 3. The van der Waals surface area contributed by atoms with Crippen molar-refractivity contribution in [3.63, 3.8) is 0 Å². The van der Waals surface area contributed by atoms with Gasteiger partial charge in [0.25, 0.3) is 0 Å². The number of thiocarbonyl (C=S) groups is 1. The van der Waals surface area contributed by atoms with Crippen LogP contribution in [0, 0.1) is 13.8 Å². The van der Waals surface area contributed by atoms with Crippen molar-refractivity contribution in [2.24, 2.45) is 0 Å². The van der Waals surface area contributed by atoms with Crippen molar-refractivity contribution >= 4 is 23.1 Å². The van der Waals surface area contributed by atoms with E-state index in [0.717, 1.165) is 41.2 Å². The van der Waals surface area contributed by atoms with Crippen molar-refractivity contribution in [3.05, 3.63) is 70.4 Å². The van der Waals surface area contributed by atoms with Crippen molar-refractivity contribution in [1.82, 2.24) is 10.6 Å². The number of carbonyl (C=O) groups is 1. The second-order valence-corrected chi connectivity index (χ2v) is 7.53. The zero-order valence-electron chi connectivity index (χ0n) is 15.5. The fraction of sp³-hybridized carbons (Fsp3) is 0.273. The van der Waals surface area contributed by atoms with Crippen LogP contribution in [0.1, 0.15) is 42.0 Å². The molecule has 2 aromatic rings. The van der Waals surface area contributed by atoms with E-state index in [1.54, 1.807) is 0 Å². The van der Waals surface area contributed by atoms with Crippen molar-refractivity contribution in [3.8, 4) is 11.5 Å². The van der Waals surface area contributed by atoms with Crippen LogP contribution in [0.3, 0.4) is 0 Å². The predicted molar refractivity (Wildman–Crippen MR) is 110 cm³/mol. The van der Waals surface area contributed by atoms with Gasteiger partial charge >= 0.3 is 0 Å². The van der Waals surface area contributed by atoms with Gasteiger partial charge in [0, 0.05) is 17.7 Å². The fourth-order valence-electron chi connectivity index (χ4n) is 3.60. The molecule has 138 valence electrons. The van der Waals surface area contributed by atoms with Crippen molar-refractivity contribution in [1.29, 1.82) is 0 Å². The lowest BCUT2D eigenvalue weighted by atomic mass is 9.85. The van der Waals surface area contributed by atoms with Crippen LogP contribution in [-0.4, -0.2) is 10.9 Å². The van der Waals surface area contributed by atoms with Gasteiger partial charge in [-0.25, -0.2) is 0 Å². The molecule has 4 nitrogen and oxygen atoms in total. The van der Waals surface area contributed by atoms with E-state index in [0.29, 0.717) is 11.5 Å². The molecule has 5 heteroatoms. The maximum atomic E-state index is 12.5. The van der Waals surface area contributed by atoms with Gasteiger partial charge in [-0.2, -0.15) is 0 Å². The molecule has 0 fully saturated rings. The molecule has 0 spiro atoms. The van der Waals surface area contributed by atoms with E-state index >= 15 is 0 Å². The van der Waals surface area contributed by atoms with E-state index < -0.39 is 0 Å². The van der Waals surface area contributed by atoms with Crippen LogP contribution in [0.2, 0.25) is 0 Å². The Bertz CT molecular complexity index is 947. The topological polar surface area (TPSA) is 50.4 Å². The van der Waals surface area contributed by atoms with Gasteiger partial charge in [0.1, 0.15) is 11.5 Å². The number of Topliss-reactive ketones (excluding diaryl/α,β-unsaturated/α-hetero) is 1. The Kier molecular flexibility index (Phi) is 4.70. The smallest absolute Gasteiger partial charge is 0.171 e. The first-order chi connectivity index (χ1) is 13.0. The second-order valence-electron chi connectivity index (χ2n) is 7.12. The molecular weight excluding hydrogens is 356 g/mol. The second kappa shape index (κ2) is 7.16. The summed E-state index contributed by atoms with van der Waals surface area (Å²) in [5, 5.41) is 6.98. The molecule has 0 bridgehead atoms. The molecule has 0 radical (unpaired) electrons. The van der Waals surface area contributed by atoms with Crippen molar-refractivity contribution < 1.29 is 9.53 Å². The molecule has 0 saturated heterocycles. The minimum Gasteiger partial charge on any atom is -0.457 e. The standard InChI is InChI=1S/C22H22N2O2S/c1-13-6-9-17(12-14(13)2)26-16-10-7-15(8-11-16)21-20-18(23-22(27)24-21)4-3-5-19(20)25/h6-12,21H,3-5H2,1-2H3,(H2,23,24,27).